The molecule has 0 saturated heterocycles. The van der Waals surface area contributed by atoms with Gasteiger partial charge in [0, 0.05) is 10.6 Å². The zero-order chi connectivity index (χ0) is 12.8. The van der Waals surface area contributed by atoms with Crippen LogP contribution in [-0.4, -0.2) is 17.3 Å². The third kappa shape index (κ3) is 4.30. The molecule has 1 aromatic rings. The molecule has 2 atom stereocenters. The topological polar surface area (TPSA) is 52.3 Å². The normalized spacial score (nSPS) is 14.1. The molecule has 0 aliphatic heterocycles. The third-order valence-electron chi connectivity index (χ3n) is 2.45. The lowest BCUT2D eigenvalue weighted by molar-refractivity contribution is -0.147. The molecule has 17 heavy (non-hydrogen) atoms. The van der Waals surface area contributed by atoms with Crippen LogP contribution >= 0.6 is 11.8 Å². The summed E-state index contributed by atoms with van der Waals surface area (Å²) in [4.78, 5) is 12.7. The van der Waals surface area contributed by atoms with Gasteiger partial charge in [-0.2, -0.15) is 0 Å². The molecule has 0 aliphatic carbocycles. The average molecular weight is 253 g/mol. The van der Waals surface area contributed by atoms with Gasteiger partial charge in [-0.05, 0) is 32.4 Å². The molecule has 0 amide bonds. The number of anilines is 1. The maximum atomic E-state index is 11.7. The van der Waals surface area contributed by atoms with Crippen molar-refractivity contribution in [3.63, 3.8) is 0 Å². The molecule has 0 radical (unpaired) electrons. The molecule has 0 heterocycles. The van der Waals surface area contributed by atoms with E-state index in [0.29, 0.717) is 5.69 Å². The molecular weight excluding hydrogens is 234 g/mol. The van der Waals surface area contributed by atoms with Gasteiger partial charge < -0.3 is 10.5 Å². The highest BCUT2D eigenvalue weighted by atomic mass is 32.2. The molecule has 2 unspecified atom stereocenters. The van der Waals surface area contributed by atoms with Crippen molar-refractivity contribution in [1.29, 1.82) is 0 Å². The minimum absolute atomic E-state index is 0.0290. The van der Waals surface area contributed by atoms with Crippen molar-refractivity contribution in [1.82, 2.24) is 0 Å². The van der Waals surface area contributed by atoms with Crippen LogP contribution in [0.4, 0.5) is 5.69 Å². The fraction of sp³-hybridized carbons (Fsp3) is 0.462. The van der Waals surface area contributed by atoms with Gasteiger partial charge in [-0.15, -0.1) is 11.8 Å². The van der Waals surface area contributed by atoms with Gasteiger partial charge in [-0.1, -0.05) is 19.1 Å². The first kappa shape index (κ1) is 13.9. The Morgan fingerprint density at radius 1 is 1.41 bits per heavy atom. The van der Waals surface area contributed by atoms with E-state index >= 15 is 0 Å². The van der Waals surface area contributed by atoms with Gasteiger partial charge in [0.25, 0.3) is 0 Å². The molecule has 4 heteroatoms. The summed E-state index contributed by atoms with van der Waals surface area (Å²) in [7, 11) is 0. The van der Waals surface area contributed by atoms with Gasteiger partial charge in [-0.25, -0.2) is 0 Å². The zero-order valence-corrected chi connectivity index (χ0v) is 11.3. The number of nitrogens with two attached hydrogens (primary N) is 1. The molecular formula is C13H19NO2S. The Morgan fingerprint density at radius 3 is 2.65 bits per heavy atom. The first-order valence-corrected chi connectivity index (χ1v) is 6.64. The minimum atomic E-state index is -0.242. The maximum Gasteiger partial charge on any atom is 0.319 e. The summed E-state index contributed by atoms with van der Waals surface area (Å²) in [6.07, 6.45) is 0.801. The monoisotopic (exact) mass is 253 g/mol. The lowest BCUT2D eigenvalue weighted by Crippen LogP contribution is -2.22. The van der Waals surface area contributed by atoms with E-state index in [4.69, 9.17) is 10.5 Å². The lowest BCUT2D eigenvalue weighted by Gasteiger charge is -2.15. The lowest BCUT2D eigenvalue weighted by atomic mass is 10.3. The van der Waals surface area contributed by atoms with Crippen LogP contribution in [-0.2, 0) is 9.53 Å². The number of nitrogen functional groups attached to an aromatic ring is 1. The number of carbonyl (C=O) groups is 1. The number of carbonyl (C=O) groups excluding carboxylic acids is 1. The van der Waals surface area contributed by atoms with E-state index in [1.807, 2.05) is 45.0 Å². The summed E-state index contributed by atoms with van der Waals surface area (Å²) in [5.74, 6) is -0.187. The van der Waals surface area contributed by atoms with Crippen molar-refractivity contribution in [3.05, 3.63) is 24.3 Å². The van der Waals surface area contributed by atoms with E-state index < -0.39 is 0 Å². The molecule has 94 valence electrons. The highest BCUT2D eigenvalue weighted by molar-refractivity contribution is 8.00. The number of hydrogen-bond donors (Lipinski definition) is 1. The summed E-state index contributed by atoms with van der Waals surface area (Å²) < 4.78 is 5.27. The molecule has 1 aromatic carbocycles. The van der Waals surface area contributed by atoms with Crippen LogP contribution < -0.4 is 5.73 Å². The number of thioether (sulfide) groups is 1. The summed E-state index contributed by atoms with van der Waals surface area (Å²) in [6, 6.07) is 7.52. The number of esters is 1. The van der Waals surface area contributed by atoms with E-state index in [0.717, 1.165) is 11.3 Å². The van der Waals surface area contributed by atoms with Gasteiger partial charge in [0.2, 0.25) is 0 Å². The Kier molecular flexibility index (Phi) is 5.35. The van der Waals surface area contributed by atoms with Gasteiger partial charge in [0.1, 0.15) is 5.25 Å². The van der Waals surface area contributed by atoms with Crippen molar-refractivity contribution in [2.24, 2.45) is 0 Å². The van der Waals surface area contributed by atoms with Crippen molar-refractivity contribution in [3.8, 4) is 0 Å². The second-order valence-corrected chi connectivity index (χ2v) is 5.34. The summed E-state index contributed by atoms with van der Waals surface area (Å²) in [5, 5.41) is -0.242. The van der Waals surface area contributed by atoms with Gasteiger partial charge in [0.15, 0.2) is 0 Å². The zero-order valence-electron chi connectivity index (χ0n) is 10.5. The summed E-state index contributed by atoms with van der Waals surface area (Å²) >= 11 is 1.43. The minimum Gasteiger partial charge on any atom is -0.462 e. The highest BCUT2D eigenvalue weighted by Crippen LogP contribution is 2.29. The van der Waals surface area contributed by atoms with E-state index in [-0.39, 0.29) is 17.3 Å². The van der Waals surface area contributed by atoms with Crippen molar-refractivity contribution >= 4 is 23.4 Å². The standard InChI is InChI=1S/C13H19NO2S/c1-4-9(2)16-13(15)10(3)17-12-8-6-5-7-11(12)14/h5-10H,4,14H2,1-3H3. The van der Waals surface area contributed by atoms with Crippen LogP contribution in [0.5, 0.6) is 0 Å². The predicted molar refractivity (Wildman–Crippen MR) is 72.0 cm³/mol. The fourth-order valence-corrected chi connectivity index (χ4v) is 2.10. The molecule has 0 aliphatic rings. The van der Waals surface area contributed by atoms with Gasteiger partial charge >= 0.3 is 5.97 Å². The van der Waals surface area contributed by atoms with Crippen molar-refractivity contribution in [2.45, 2.75) is 43.4 Å². The Labute approximate surface area is 107 Å². The van der Waals surface area contributed by atoms with E-state index in [1.54, 1.807) is 0 Å². The van der Waals surface area contributed by atoms with Crippen molar-refractivity contribution in [2.75, 3.05) is 5.73 Å². The number of rotatable bonds is 5. The summed E-state index contributed by atoms with van der Waals surface area (Å²) in [6.45, 7) is 5.72. The van der Waals surface area contributed by atoms with Gasteiger partial charge in [-0.3, -0.25) is 4.79 Å². The molecule has 2 N–H and O–H groups in total. The van der Waals surface area contributed by atoms with Crippen LogP contribution in [0.2, 0.25) is 0 Å². The largest absolute Gasteiger partial charge is 0.462 e. The SMILES string of the molecule is CCC(C)OC(=O)C(C)Sc1ccccc1N. The number of para-hydroxylation sites is 1. The van der Waals surface area contributed by atoms with E-state index in [2.05, 4.69) is 0 Å². The van der Waals surface area contributed by atoms with E-state index in [1.165, 1.54) is 11.8 Å². The van der Waals surface area contributed by atoms with Crippen LogP contribution in [0.3, 0.4) is 0 Å². The fourth-order valence-electron chi connectivity index (χ4n) is 1.20. The molecule has 0 spiro atoms. The highest BCUT2D eigenvalue weighted by Gasteiger charge is 2.18. The Bertz CT molecular complexity index is 381. The van der Waals surface area contributed by atoms with Crippen LogP contribution in [0.25, 0.3) is 0 Å². The van der Waals surface area contributed by atoms with Crippen LogP contribution in [0.1, 0.15) is 27.2 Å². The third-order valence-corrected chi connectivity index (χ3v) is 3.62. The molecule has 0 fully saturated rings. The molecule has 1 rings (SSSR count). The number of benzene rings is 1. The first-order valence-electron chi connectivity index (χ1n) is 5.76. The van der Waals surface area contributed by atoms with Gasteiger partial charge in [0.05, 0.1) is 6.10 Å². The second-order valence-electron chi connectivity index (χ2n) is 3.95. The number of hydrogen-bond acceptors (Lipinski definition) is 4. The Morgan fingerprint density at radius 2 is 2.06 bits per heavy atom. The first-order chi connectivity index (χ1) is 8.04. The molecule has 3 nitrogen and oxygen atoms in total. The maximum absolute atomic E-state index is 11.7. The Hall–Kier alpha value is -1.16. The quantitative estimate of drug-likeness (QED) is 0.498. The second kappa shape index (κ2) is 6.55. The van der Waals surface area contributed by atoms with E-state index in [9.17, 15) is 4.79 Å². The van der Waals surface area contributed by atoms with Crippen molar-refractivity contribution < 1.29 is 9.53 Å². The molecule has 0 bridgehead atoms. The predicted octanol–water partition coefficient (Wildman–Crippen LogP) is 3.09. The van der Waals surface area contributed by atoms with Crippen LogP contribution in [0.15, 0.2) is 29.2 Å². The average Bonchev–Trinajstić information content (AvgIpc) is 2.31. The number of ether oxygens (including phenoxy) is 1. The molecule has 0 saturated carbocycles. The summed E-state index contributed by atoms with van der Waals surface area (Å²) in [5.41, 5.74) is 6.52. The van der Waals surface area contributed by atoms with Crippen LogP contribution in [0, 0.1) is 0 Å². The Balaban J connectivity index is 2.57. The smallest absolute Gasteiger partial charge is 0.319 e. The molecule has 0 aromatic heterocycles.